The summed E-state index contributed by atoms with van der Waals surface area (Å²) in [5, 5.41) is 12.5. The summed E-state index contributed by atoms with van der Waals surface area (Å²) >= 11 is 0. The van der Waals surface area contributed by atoms with E-state index in [4.69, 9.17) is 14.2 Å². The van der Waals surface area contributed by atoms with Crippen LogP contribution in [0.15, 0.2) is 18.2 Å². The van der Waals surface area contributed by atoms with E-state index in [0.717, 1.165) is 25.0 Å². The Balaban J connectivity index is 1.75. The van der Waals surface area contributed by atoms with E-state index in [0.29, 0.717) is 18.9 Å². The van der Waals surface area contributed by atoms with Crippen molar-refractivity contribution in [2.45, 2.75) is 38.5 Å². The average Bonchev–Trinajstić information content (AvgIpc) is 3.03. The number of phenolic OH excluding ortho intramolecular Hbond substituents is 1. The van der Waals surface area contributed by atoms with Crippen molar-refractivity contribution in [2.75, 3.05) is 20.3 Å². The standard InChI is InChI=1S/C16H23NO5/c1-11(22-10-13-4-3-7-21-13)16(19)17-9-12-5-6-15(20-2)14(18)8-12/h5-6,8,11,13,18H,3-4,7,9-10H2,1-2H3,(H,17,19). The predicted octanol–water partition coefficient (Wildman–Crippen LogP) is 1.60. The van der Waals surface area contributed by atoms with Crippen LogP contribution < -0.4 is 10.1 Å². The number of aromatic hydroxyl groups is 1. The molecule has 122 valence electrons. The Morgan fingerprint density at radius 1 is 1.55 bits per heavy atom. The van der Waals surface area contributed by atoms with Crippen molar-refractivity contribution in [1.29, 1.82) is 0 Å². The smallest absolute Gasteiger partial charge is 0.249 e. The summed E-state index contributed by atoms with van der Waals surface area (Å²) in [6.45, 7) is 3.26. The Morgan fingerprint density at radius 3 is 3.00 bits per heavy atom. The summed E-state index contributed by atoms with van der Waals surface area (Å²) < 4.78 is 16.0. The molecule has 1 saturated heterocycles. The molecule has 1 amide bonds. The highest BCUT2D eigenvalue weighted by atomic mass is 16.5. The van der Waals surface area contributed by atoms with E-state index in [2.05, 4.69) is 5.32 Å². The highest BCUT2D eigenvalue weighted by Gasteiger charge is 2.19. The number of hydrogen-bond acceptors (Lipinski definition) is 5. The molecule has 2 rings (SSSR count). The zero-order valence-electron chi connectivity index (χ0n) is 13.0. The Morgan fingerprint density at radius 2 is 2.36 bits per heavy atom. The van der Waals surface area contributed by atoms with Gasteiger partial charge in [-0.05, 0) is 37.5 Å². The fourth-order valence-corrected chi connectivity index (χ4v) is 2.28. The summed E-state index contributed by atoms with van der Waals surface area (Å²) in [5.74, 6) is 0.272. The van der Waals surface area contributed by atoms with Gasteiger partial charge in [-0.15, -0.1) is 0 Å². The van der Waals surface area contributed by atoms with Gasteiger partial charge >= 0.3 is 0 Å². The fraction of sp³-hybridized carbons (Fsp3) is 0.562. The third-order valence-corrected chi connectivity index (χ3v) is 3.64. The van der Waals surface area contributed by atoms with Gasteiger partial charge in [0.05, 0.1) is 19.8 Å². The highest BCUT2D eigenvalue weighted by molar-refractivity contribution is 5.80. The minimum absolute atomic E-state index is 0.0527. The normalized spacial score (nSPS) is 18.9. The number of carbonyl (C=O) groups excluding carboxylic acids is 1. The van der Waals surface area contributed by atoms with Crippen LogP contribution in [0.3, 0.4) is 0 Å². The summed E-state index contributed by atoms with van der Waals surface area (Å²) in [5.41, 5.74) is 0.790. The number of nitrogens with one attached hydrogen (secondary N) is 1. The monoisotopic (exact) mass is 309 g/mol. The Kier molecular flexibility index (Phi) is 6.03. The van der Waals surface area contributed by atoms with Crippen molar-refractivity contribution >= 4 is 5.91 Å². The quantitative estimate of drug-likeness (QED) is 0.800. The van der Waals surface area contributed by atoms with Gasteiger partial charge in [0.2, 0.25) is 5.91 Å². The van der Waals surface area contributed by atoms with Crippen LogP contribution in [0, 0.1) is 0 Å². The first-order valence-corrected chi connectivity index (χ1v) is 7.47. The van der Waals surface area contributed by atoms with Crippen LogP contribution in [-0.2, 0) is 20.8 Å². The molecular formula is C16H23NO5. The van der Waals surface area contributed by atoms with E-state index < -0.39 is 6.10 Å². The molecule has 1 aliphatic rings. The molecule has 2 atom stereocenters. The molecule has 2 unspecified atom stereocenters. The molecule has 6 heteroatoms. The lowest BCUT2D eigenvalue weighted by atomic mass is 10.2. The van der Waals surface area contributed by atoms with Crippen molar-refractivity contribution in [3.8, 4) is 11.5 Å². The van der Waals surface area contributed by atoms with E-state index in [-0.39, 0.29) is 17.8 Å². The third-order valence-electron chi connectivity index (χ3n) is 3.64. The SMILES string of the molecule is COc1ccc(CNC(=O)C(C)OCC2CCCO2)cc1O. The molecule has 1 heterocycles. The lowest BCUT2D eigenvalue weighted by Gasteiger charge is -2.16. The van der Waals surface area contributed by atoms with E-state index in [1.165, 1.54) is 7.11 Å². The maximum Gasteiger partial charge on any atom is 0.249 e. The van der Waals surface area contributed by atoms with Gasteiger partial charge in [0, 0.05) is 13.2 Å². The van der Waals surface area contributed by atoms with Gasteiger partial charge in [-0.3, -0.25) is 4.79 Å². The molecule has 0 aromatic heterocycles. The van der Waals surface area contributed by atoms with Crippen molar-refractivity contribution in [1.82, 2.24) is 5.32 Å². The largest absolute Gasteiger partial charge is 0.504 e. The molecule has 2 N–H and O–H groups in total. The Labute approximate surface area is 130 Å². The topological polar surface area (TPSA) is 77.0 Å². The molecular weight excluding hydrogens is 286 g/mol. The number of carbonyl (C=O) groups is 1. The maximum absolute atomic E-state index is 12.0. The minimum Gasteiger partial charge on any atom is -0.504 e. The zero-order chi connectivity index (χ0) is 15.9. The van der Waals surface area contributed by atoms with E-state index in [9.17, 15) is 9.90 Å². The molecule has 0 spiro atoms. The third kappa shape index (κ3) is 4.61. The van der Waals surface area contributed by atoms with Gasteiger partial charge in [-0.2, -0.15) is 0 Å². The number of hydrogen-bond donors (Lipinski definition) is 2. The van der Waals surface area contributed by atoms with Gasteiger partial charge in [0.1, 0.15) is 6.10 Å². The molecule has 1 aromatic rings. The van der Waals surface area contributed by atoms with Gasteiger partial charge < -0.3 is 24.6 Å². The van der Waals surface area contributed by atoms with Crippen molar-refractivity contribution in [2.24, 2.45) is 0 Å². The number of ether oxygens (including phenoxy) is 3. The maximum atomic E-state index is 12.0. The second-order valence-corrected chi connectivity index (χ2v) is 5.33. The number of rotatable bonds is 7. The molecule has 1 aromatic carbocycles. The molecule has 1 aliphatic heterocycles. The summed E-state index contributed by atoms with van der Waals surface area (Å²) in [4.78, 5) is 12.0. The first-order valence-electron chi connectivity index (χ1n) is 7.47. The molecule has 0 aliphatic carbocycles. The van der Waals surface area contributed by atoms with Crippen molar-refractivity contribution in [3.05, 3.63) is 23.8 Å². The van der Waals surface area contributed by atoms with Gasteiger partial charge in [0.25, 0.3) is 0 Å². The van der Waals surface area contributed by atoms with Gasteiger partial charge in [-0.25, -0.2) is 0 Å². The second kappa shape index (κ2) is 8.00. The van der Waals surface area contributed by atoms with Gasteiger partial charge in [-0.1, -0.05) is 6.07 Å². The molecule has 0 saturated carbocycles. The molecule has 0 bridgehead atoms. The van der Waals surface area contributed by atoms with Crippen LogP contribution in [0.4, 0.5) is 0 Å². The van der Waals surface area contributed by atoms with Crippen LogP contribution in [-0.4, -0.2) is 43.5 Å². The molecule has 0 radical (unpaired) electrons. The second-order valence-electron chi connectivity index (χ2n) is 5.33. The average molecular weight is 309 g/mol. The van der Waals surface area contributed by atoms with Crippen LogP contribution >= 0.6 is 0 Å². The van der Waals surface area contributed by atoms with E-state index in [1.807, 2.05) is 0 Å². The molecule has 1 fully saturated rings. The van der Waals surface area contributed by atoms with E-state index in [1.54, 1.807) is 25.1 Å². The predicted molar refractivity (Wildman–Crippen MR) is 80.9 cm³/mol. The van der Waals surface area contributed by atoms with Crippen LogP contribution in [0.25, 0.3) is 0 Å². The summed E-state index contributed by atoms with van der Waals surface area (Å²) in [7, 11) is 1.49. The minimum atomic E-state index is -0.531. The number of methoxy groups -OCH3 is 1. The number of amides is 1. The van der Waals surface area contributed by atoms with Crippen molar-refractivity contribution < 1.29 is 24.1 Å². The lowest BCUT2D eigenvalue weighted by Crippen LogP contribution is -2.35. The zero-order valence-corrected chi connectivity index (χ0v) is 13.0. The number of phenols is 1. The first-order chi connectivity index (χ1) is 10.6. The molecule has 22 heavy (non-hydrogen) atoms. The van der Waals surface area contributed by atoms with Crippen LogP contribution in [0.1, 0.15) is 25.3 Å². The van der Waals surface area contributed by atoms with E-state index >= 15 is 0 Å². The molecule has 6 nitrogen and oxygen atoms in total. The van der Waals surface area contributed by atoms with Crippen LogP contribution in [0.5, 0.6) is 11.5 Å². The first kappa shape index (κ1) is 16.6. The lowest BCUT2D eigenvalue weighted by molar-refractivity contribution is -0.133. The fourth-order valence-electron chi connectivity index (χ4n) is 2.28. The van der Waals surface area contributed by atoms with Crippen LogP contribution in [0.2, 0.25) is 0 Å². The Bertz CT molecular complexity index is 499. The van der Waals surface area contributed by atoms with Gasteiger partial charge in [0.15, 0.2) is 11.5 Å². The number of benzene rings is 1. The Hall–Kier alpha value is -1.79. The summed E-state index contributed by atoms with van der Waals surface area (Å²) in [6, 6.07) is 5.02. The summed E-state index contributed by atoms with van der Waals surface area (Å²) in [6.07, 6.45) is 1.61. The highest BCUT2D eigenvalue weighted by Crippen LogP contribution is 2.26. The van der Waals surface area contributed by atoms with Crippen molar-refractivity contribution in [3.63, 3.8) is 0 Å².